The minimum Gasteiger partial charge on any atom is -0.373 e. The van der Waals surface area contributed by atoms with Crippen LogP contribution in [0.3, 0.4) is 0 Å². The van der Waals surface area contributed by atoms with Gasteiger partial charge in [0.2, 0.25) is 5.91 Å². The number of aryl methyl sites for hydroxylation is 2. The molecule has 1 fully saturated rings. The van der Waals surface area contributed by atoms with Crippen LogP contribution < -0.4 is 10.6 Å². The number of hydrogen-bond acceptors (Lipinski definition) is 3. The van der Waals surface area contributed by atoms with E-state index in [9.17, 15) is 4.79 Å². The molecule has 1 aliphatic rings. The van der Waals surface area contributed by atoms with Crippen LogP contribution in [0.1, 0.15) is 51.1 Å². The molecule has 5 heteroatoms. The van der Waals surface area contributed by atoms with E-state index in [-0.39, 0.29) is 5.91 Å². The summed E-state index contributed by atoms with van der Waals surface area (Å²) in [6.07, 6.45) is 10.1. The predicted octanol–water partition coefficient (Wildman–Crippen LogP) is 2.23. The third-order valence-electron chi connectivity index (χ3n) is 3.90. The Kier molecular flexibility index (Phi) is 5.44. The van der Waals surface area contributed by atoms with Gasteiger partial charge >= 0.3 is 0 Å². The van der Waals surface area contributed by atoms with Gasteiger partial charge in [-0.3, -0.25) is 9.48 Å². The standard InChI is InChI=1S/C15H26N4O/c1-3-13-14(11-19(2)18-13)16-10-15(20)17-12-8-6-4-5-7-9-12/h11-12,16H,3-10H2,1-2H3,(H,17,20). The van der Waals surface area contributed by atoms with Crippen molar-refractivity contribution in [3.8, 4) is 0 Å². The summed E-state index contributed by atoms with van der Waals surface area (Å²) in [6, 6.07) is 0.367. The molecule has 0 unspecified atom stereocenters. The zero-order valence-corrected chi connectivity index (χ0v) is 12.6. The highest BCUT2D eigenvalue weighted by molar-refractivity contribution is 5.81. The number of carbonyl (C=O) groups is 1. The quantitative estimate of drug-likeness (QED) is 0.812. The van der Waals surface area contributed by atoms with E-state index in [1.807, 2.05) is 13.2 Å². The maximum absolute atomic E-state index is 12.0. The first kappa shape index (κ1) is 14.9. The van der Waals surface area contributed by atoms with E-state index in [4.69, 9.17) is 0 Å². The molecule has 1 saturated carbocycles. The van der Waals surface area contributed by atoms with E-state index in [0.29, 0.717) is 12.6 Å². The van der Waals surface area contributed by atoms with Crippen molar-refractivity contribution in [2.24, 2.45) is 7.05 Å². The average Bonchev–Trinajstić information content (AvgIpc) is 2.62. The summed E-state index contributed by atoms with van der Waals surface area (Å²) in [4.78, 5) is 12.0. The van der Waals surface area contributed by atoms with Gasteiger partial charge in [-0.2, -0.15) is 5.10 Å². The molecule has 2 rings (SSSR count). The Bertz CT molecular complexity index is 433. The lowest BCUT2D eigenvalue weighted by Gasteiger charge is -2.16. The van der Waals surface area contributed by atoms with E-state index in [2.05, 4.69) is 22.7 Å². The number of aromatic nitrogens is 2. The van der Waals surface area contributed by atoms with Gasteiger partial charge in [0.25, 0.3) is 0 Å². The van der Waals surface area contributed by atoms with Crippen LogP contribution in [0.15, 0.2) is 6.20 Å². The first-order chi connectivity index (χ1) is 9.69. The molecule has 1 aromatic heterocycles. The summed E-state index contributed by atoms with van der Waals surface area (Å²) >= 11 is 0. The Balaban J connectivity index is 1.79. The van der Waals surface area contributed by atoms with Crippen molar-refractivity contribution in [3.05, 3.63) is 11.9 Å². The van der Waals surface area contributed by atoms with Gasteiger partial charge in [-0.25, -0.2) is 0 Å². The maximum Gasteiger partial charge on any atom is 0.239 e. The molecule has 0 aliphatic heterocycles. The third kappa shape index (κ3) is 4.25. The highest BCUT2D eigenvalue weighted by Crippen LogP contribution is 2.17. The van der Waals surface area contributed by atoms with Gasteiger partial charge in [0.15, 0.2) is 0 Å². The van der Waals surface area contributed by atoms with Gasteiger partial charge in [0, 0.05) is 19.3 Å². The van der Waals surface area contributed by atoms with E-state index < -0.39 is 0 Å². The molecule has 0 aromatic carbocycles. The molecule has 2 N–H and O–H groups in total. The molecule has 1 aliphatic carbocycles. The lowest BCUT2D eigenvalue weighted by atomic mass is 10.1. The van der Waals surface area contributed by atoms with Crippen LogP contribution in [-0.2, 0) is 18.3 Å². The molecule has 1 amide bonds. The molecule has 5 nitrogen and oxygen atoms in total. The molecule has 0 bridgehead atoms. The van der Waals surface area contributed by atoms with Crippen LogP contribution in [0.4, 0.5) is 5.69 Å². The van der Waals surface area contributed by atoms with Crippen molar-refractivity contribution < 1.29 is 4.79 Å². The van der Waals surface area contributed by atoms with Gasteiger partial charge in [-0.15, -0.1) is 0 Å². The second-order valence-corrected chi connectivity index (χ2v) is 5.63. The molecule has 20 heavy (non-hydrogen) atoms. The number of nitrogens with one attached hydrogen (secondary N) is 2. The minimum absolute atomic E-state index is 0.0859. The van der Waals surface area contributed by atoms with Gasteiger partial charge in [-0.05, 0) is 19.3 Å². The molecular weight excluding hydrogens is 252 g/mol. The van der Waals surface area contributed by atoms with E-state index in [1.54, 1.807) is 4.68 Å². The second kappa shape index (κ2) is 7.31. The Hall–Kier alpha value is -1.52. The summed E-state index contributed by atoms with van der Waals surface area (Å²) in [5.41, 5.74) is 1.97. The molecule has 0 saturated heterocycles. The fraction of sp³-hybridized carbons (Fsp3) is 0.733. The van der Waals surface area contributed by atoms with E-state index >= 15 is 0 Å². The first-order valence-electron chi connectivity index (χ1n) is 7.74. The van der Waals surface area contributed by atoms with Gasteiger partial charge in [0.1, 0.15) is 0 Å². The number of amides is 1. The molecule has 112 valence electrons. The predicted molar refractivity (Wildman–Crippen MR) is 80.7 cm³/mol. The number of anilines is 1. The van der Waals surface area contributed by atoms with E-state index in [0.717, 1.165) is 30.6 Å². The number of hydrogen-bond donors (Lipinski definition) is 2. The molecule has 1 aromatic rings. The second-order valence-electron chi connectivity index (χ2n) is 5.63. The normalized spacial score (nSPS) is 16.7. The van der Waals surface area contributed by atoms with Crippen LogP contribution in [0.25, 0.3) is 0 Å². The minimum atomic E-state index is 0.0859. The Morgan fingerprint density at radius 1 is 1.35 bits per heavy atom. The van der Waals surface area contributed by atoms with Crippen molar-refractivity contribution in [3.63, 3.8) is 0 Å². The van der Waals surface area contributed by atoms with Crippen LogP contribution in [0.2, 0.25) is 0 Å². The summed E-state index contributed by atoms with van der Waals surface area (Å²) in [5, 5.41) is 10.7. The average molecular weight is 278 g/mol. The highest BCUT2D eigenvalue weighted by atomic mass is 16.1. The Morgan fingerprint density at radius 3 is 2.70 bits per heavy atom. The van der Waals surface area contributed by atoms with Crippen molar-refractivity contribution in [1.82, 2.24) is 15.1 Å². The number of nitrogens with zero attached hydrogens (tertiary/aromatic N) is 2. The molecule has 0 radical (unpaired) electrons. The largest absolute Gasteiger partial charge is 0.373 e. The van der Waals surface area contributed by atoms with Crippen LogP contribution in [0, 0.1) is 0 Å². The Morgan fingerprint density at radius 2 is 2.05 bits per heavy atom. The summed E-state index contributed by atoms with van der Waals surface area (Å²) in [5.74, 6) is 0.0859. The summed E-state index contributed by atoms with van der Waals surface area (Å²) in [7, 11) is 1.90. The number of rotatable bonds is 5. The zero-order valence-electron chi connectivity index (χ0n) is 12.6. The zero-order chi connectivity index (χ0) is 14.4. The van der Waals surface area contributed by atoms with Gasteiger partial charge < -0.3 is 10.6 Å². The smallest absolute Gasteiger partial charge is 0.239 e. The van der Waals surface area contributed by atoms with E-state index in [1.165, 1.54) is 25.7 Å². The van der Waals surface area contributed by atoms with Crippen LogP contribution in [0.5, 0.6) is 0 Å². The van der Waals surface area contributed by atoms with Crippen molar-refractivity contribution >= 4 is 11.6 Å². The number of carbonyl (C=O) groups excluding carboxylic acids is 1. The van der Waals surface area contributed by atoms with Crippen molar-refractivity contribution in [1.29, 1.82) is 0 Å². The molecule has 0 atom stereocenters. The lowest BCUT2D eigenvalue weighted by Crippen LogP contribution is -2.38. The van der Waals surface area contributed by atoms with Crippen LogP contribution >= 0.6 is 0 Å². The fourth-order valence-electron chi connectivity index (χ4n) is 2.82. The van der Waals surface area contributed by atoms with Crippen molar-refractivity contribution in [2.75, 3.05) is 11.9 Å². The first-order valence-corrected chi connectivity index (χ1v) is 7.74. The topological polar surface area (TPSA) is 59.0 Å². The van der Waals surface area contributed by atoms with Crippen molar-refractivity contribution in [2.45, 2.75) is 57.9 Å². The fourth-order valence-corrected chi connectivity index (χ4v) is 2.82. The Labute approximate surface area is 121 Å². The SMILES string of the molecule is CCc1nn(C)cc1NCC(=O)NC1CCCCCC1. The third-order valence-corrected chi connectivity index (χ3v) is 3.90. The maximum atomic E-state index is 12.0. The molecule has 0 spiro atoms. The summed E-state index contributed by atoms with van der Waals surface area (Å²) in [6.45, 7) is 2.40. The molecule has 1 heterocycles. The van der Waals surface area contributed by atoms with Crippen LogP contribution in [-0.4, -0.2) is 28.3 Å². The molecular formula is C15H26N4O. The summed E-state index contributed by atoms with van der Waals surface area (Å²) < 4.78 is 1.78. The van der Waals surface area contributed by atoms with Gasteiger partial charge in [-0.1, -0.05) is 32.6 Å². The van der Waals surface area contributed by atoms with Gasteiger partial charge in [0.05, 0.1) is 17.9 Å². The monoisotopic (exact) mass is 278 g/mol. The lowest BCUT2D eigenvalue weighted by molar-refractivity contribution is -0.120. The highest BCUT2D eigenvalue weighted by Gasteiger charge is 2.15.